The van der Waals surface area contributed by atoms with E-state index in [1.165, 1.54) is 12.1 Å². The Labute approximate surface area is 132 Å². The van der Waals surface area contributed by atoms with Gasteiger partial charge in [-0.1, -0.05) is 22.0 Å². The van der Waals surface area contributed by atoms with Crippen LogP contribution in [0.1, 0.15) is 39.4 Å². The molecule has 0 saturated carbocycles. The van der Waals surface area contributed by atoms with Crippen molar-refractivity contribution in [2.75, 3.05) is 0 Å². The lowest BCUT2D eigenvalue weighted by molar-refractivity contribution is 0.541. The third kappa shape index (κ3) is 2.87. The normalized spacial score (nSPS) is 12.6. The number of aryl methyl sites for hydroxylation is 2. The summed E-state index contributed by atoms with van der Waals surface area (Å²) in [6.45, 7) is 7.83. The van der Waals surface area contributed by atoms with E-state index in [4.69, 9.17) is 5.73 Å². The lowest BCUT2D eigenvalue weighted by Gasteiger charge is -2.22. The van der Waals surface area contributed by atoms with Crippen molar-refractivity contribution in [2.45, 2.75) is 33.7 Å². The van der Waals surface area contributed by atoms with Crippen LogP contribution in [0.5, 0.6) is 0 Å². The summed E-state index contributed by atoms with van der Waals surface area (Å²) >= 11 is 3.08. The first kappa shape index (κ1) is 16.1. The van der Waals surface area contributed by atoms with Crippen LogP contribution in [0.2, 0.25) is 0 Å². The van der Waals surface area contributed by atoms with Gasteiger partial charge >= 0.3 is 0 Å². The molecule has 0 aliphatic heterocycles. The molecule has 0 saturated heterocycles. The molecule has 21 heavy (non-hydrogen) atoms. The fourth-order valence-corrected chi connectivity index (χ4v) is 3.11. The minimum Gasteiger partial charge on any atom is -0.320 e. The first-order valence-electron chi connectivity index (χ1n) is 6.71. The van der Waals surface area contributed by atoms with E-state index in [9.17, 15) is 8.78 Å². The molecule has 0 fully saturated rings. The highest BCUT2D eigenvalue weighted by molar-refractivity contribution is 9.10. The summed E-state index contributed by atoms with van der Waals surface area (Å²) < 4.78 is 28.7. The van der Waals surface area contributed by atoms with Crippen LogP contribution in [-0.2, 0) is 0 Å². The van der Waals surface area contributed by atoms with E-state index < -0.39 is 17.7 Å². The molecule has 4 heteroatoms. The fourth-order valence-electron chi connectivity index (χ4n) is 2.71. The van der Waals surface area contributed by atoms with Crippen molar-refractivity contribution in [3.05, 3.63) is 67.7 Å². The second-order valence-electron chi connectivity index (χ2n) is 5.43. The minimum absolute atomic E-state index is 0.0885. The summed E-state index contributed by atoms with van der Waals surface area (Å²) in [6.07, 6.45) is 0. The number of nitrogens with two attached hydrogens (primary N) is 1. The highest BCUT2D eigenvalue weighted by atomic mass is 79.9. The molecule has 2 aromatic rings. The molecule has 0 amide bonds. The van der Waals surface area contributed by atoms with Crippen molar-refractivity contribution < 1.29 is 8.78 Å². The third-order valence-corrected chi connectivity index (χ3v) is 4.55. The van der Waals surface area contributed by atoms with Gasteiger partial charge < -0.3 is 5.73 Å². The van der Waals surface area contributed by atoms with Crippen LogP contribution in [0.3, 0.4) is 0 Å². The van der Waals surface area contributed by atoms with Crippen LogP contribution in [-0.4, -0.2) is 0 Å². The Hall–Kier alpha value is -1.26. The Balaban J connectivity index is 2.69. The van der Waals surface area contributed by atoms with E-state index in [-0.39, 0.29) is 5.56 Å². The summed E-state index contributed by atoms with van der Waals surface area (Å²) in [5, 5.41) is 0. The zero-order valence-corrected chi connectivity index (χ0v) is 14.1. The minimum atomic E-state index is -0.823. The van der Waals surface area contributed by atoms with Gasteiger partial charge in [0, 0.05) is 10.0 Å². The molecular formula is C17H18BrF2N. The van der Waals surface area contributed by atoms with Crippen LogP contribution in [0.4, 0.5) is 8.78 Å². The highest BCUT2D eigenvalue weighted by Gasteiger charge is 2.23. The molecule has 0 aromatic heterocycles. The Bertz CT molecular complexity index is 661. The second kappa shape index (κ2) is 5.85. The Morgan fingerprint density at radius 1 is 0.857 bits per heavy atom. The number of hydrogen-bond acceptors (Lipinski definition) is 1. The summed E-state index contributed by atoms with van der Waals surface area (Å²) in [6, 6.07) is 3.73. The lowest BCUT2D eigenvalue weighted by Crippen LogP contribution is -2.19. The molecule has 1 unspecified atom stereocenters. The number of hydrogen-bond donors (Lipinski definition) is 1. The first-order chi connectivity index (χ1) is 9.73. The van der Waals surface area contributed by atoms with Crippen molar-refractivity contribution >= 4 is 15.9 Å². The summed E-state index contributed by atoms with van der Waals surface area (Å²) in [5.41, 5.74) is 11.0. The molecule has 0 bridgehead atoms. The Kier molecular flexibility index (Phi) is 4.49. The van der Waals surface area contributed by atoms with Crippen molar-refractivity contribution in [1.82, 2.24) is 0 Å². The molecule has 0 spiro atoms. The van der Waals surface area contributed by atoms with Gasteiger partial charge in [0.15, 0.2) is 0 Å². The Morgan fingerprint density at radius 2 is 1.29 bits per heavy atom. The lowest BCUT2D eigenvalue weighted by atomic mass is 9.87. The molecule has 2 rings (SSSR count). The van der Waals surface area contributed by atoms with E-state index in [0.717, 1.165) is 27.8 Å². The van der Waals surface area contributed by atoms with Crippen LogP contribution in [0, 0.1) is 39.3 Å². The Morgan fingerprint density at radius 3 is 1.71 bits per heavy atom. The van der Waals surface area contributed by atoms with Gasteiger partial charge in [-0.05, 0) is 67.6 Å². The zero-order valence-electron chi connectivity index (χ0n) is 12.5. The maximum absolute atomic E-state index is 14.2. The number of halogens is 3. The zero-order chi connectivity index (χ0) is 15.9. The van der Waals surface area contributed by atoms with E-state index in [1.54, 1.807) is 0 Å². The quantitative estimate of drug-likeness (QED) is 0.806. The predicted octanol–water partition coefficient (Wildman–Crippen LogP) is 5.01. The topological polar surface area (TPSA) is 26.0 Å². The van der Waals surface area contributed by atoms with Crippen molar-refractivity contribution in [1.29, 1.82) is 0 Å². The molecule has 2 N–H and O–H groups in total. The molecule has 0 aliphatic carbocycles. The van der Waals surface area contributed by atoms with Crippen molar-refractivity contribution in [3.63, 3.8) is 0 Å². The van der Waals surface area contributed by atoms with Crippen LogP contribution < -0.4 is 5.73 Å². The smallest absolute Gasteiger partial charge is 0.132 e. The molecule has 1 atom stereocenters. The third-order valence-electron chi connectivity index (χ3n) is 4.09. The van der Waals surface area contributed by atoms with E-state index in [0.29, 0.717) is 4.47 Å². The maximum Gasteiger partial charge on any atom is 0.132 e. The van der Waals surface area contributed by atoms with Crippen LogP contribution in [0.15, 0.2) is 22.7 Å². The van der Waals surface area contributed by atoms with Gasteiger partial charge in [-0.25, -0.2) is 8.78 Å². The number of benzene rings is 2. The SMILES string of the molecule is Cc1cc(C)c(C)c(C(N)c2c(F)cc(Br)cc2F)c1C. The number of rotatable bonds is 2. The molecular weight excluding hydrogens is 336 g/mol. The molecule has 0 heterocycles. The van der Waals surface area contributed by atoms with Gasteiger partial charge in [0.25, 0.3) is 0 Å². The summed E-state index contributed by atoms with van der Waals surface area (Å²) in [4.78, 5) is 0. The van der Waals surface area contributed by atoms with Gasteiger partial charge in [-0.15, -0.1) is 0 Å². The molecule has 1 nitrogen and oxygen atoms in total. The monoisotopic (exact) mass is 353 g/mol. The molecule has 0 radical (unpaired) electrons. The second-order valence-corrected chi connectivity index (χ2v) is 6.35. The van der Waals surface area contributed by atoms with Crippen molar-refractivity contribution in [3.8, 4) is 0 Å². The van der Waals surface area contributed by atoms with Gasteiger partial charge in [-0.2, -0.15) is 0 Å². The van der Waals surface area contributed by atoms with E-state index in [1.807, 2.05) is 27.7 Å². The molecule has 0 aliphatic rings. The van der Waals surface area contributed by atoms with Gasteiger partial charge in [0.1, 0.15) is 11.6 Å². The van der Waals surface area contributed by atoms with Crippen LogP contribution >= 0.6 is 15.9 Å². The van der Waals surface area contributed by atoms with E-state index >= 15 is 0 Å². The van der Waals surface area contributed by atoms with E-state index in [2.05, 4.69) is 22.0 Å². The fraction of sp³-hybridized carbons (Fsp3) is 0.294. The summed E-state index contributed by atoms with van der Waals surface area (Å²) in [7, 11) is 0. The van der Waals surface area contributed by atoms with Gasteiger partial charge in [0.05, 0.1) is 6.04 Å². The molecule has 2 aromatic carbocycles. The highest BCUT2D eigenvalue weighted by Crippen LogP contribution is 2.33. The average molecular weight is 354 g/mol. The standard InChI is InChI=1S/C17H18BrF2N/c1-8-5-9(2)11(4)15(10(8)3)17(21)16-13(19)6-12(18)7-14(16)20/h5-7,17H,21H2,1-4H3. The predicted molar refractivity (Wildman–Crippen MR) is 85.5 cm³/mol. The van der Waals surface area contributed by atoms with Gasteiger partial charge in [-0.3, -0.25) is 0 Å². The molecule has 112 valence electrons. The summed E-state index contributed by atoms with van der Waals surface area (Å²) in [5.74, 6) is -1.26. The van der Waals surface area contributed by atoms with Crippen LogP contribution in [0.25, 0.3) is 0 Å². The average Bonchev–Trinajstić information content (AvgIpc) is 2.35. The maximum atomic E-state index is 14.2. The van der Waals surface area contributed by atoms with Crippen molar-refractivity contribution in [2.24, 2.45) is 5.73 Å². The van der Waals surface area contributed by atoms with Gasteiger partial charge in [0.2, 0.25) is 0 Å². The first-order valence-corrected chi connectivity index (χ1v) is 7.50. The largest absolute Gasteiger partial charge is 0.320 e.